The molecule has 1 aromatic carbocycles. The summed E-state index contributed by atoms with van der Waals surface area (Å²) in [5.41, 5.74) is 0.233. The van der Waals surface area contributed by atoms with Gasteiger partial charge in [-0.1, -0.05) is 23.2 Å². The number of nitrogens with one attached hydrogen (secondary N) is 2. The van der Waals surface area contributed by atoms with Gasteiger partial charge >= 0.3 is 6.55 Å². The Morgan fingerprint density at radius 1 is 1.33 bits per heavy atom. The fourth-order valence-corrected chi connectivity index (χ4v) is 4.20. The molecule has 0 unspecified atom stereocenters. The summed E-state index contributed by atoms with van der Waals surface area (Å²) >= 11 is 14.9. The molecule has 0 amide bonds. The van der Waals surface area contributed by atoms with Crippen molar-refractivity contribution in [3.63, 3.8) is 0 Å². The zero-order valence-electron chi connectivity index (χ0n) is 11.4. The van der Waals surface area contributed by atoms with Crippen molar-refractivity contribution < 1.29 is 17.2 Å². The van der Waals surface area contributed by atoms with Crippen molar-refractivity contribution in [3.8, 4) is 0 Å². The van der Waals surface area contributed by atoms with Gasteiger partial charge in [-0.05, 0) is 28.1 Å². The number of H-pyrrole nitrogens is 1. The molecule has 2 N–H and O–H groups in total. The molecule has 0 aliphatic carbocycles. The summed E-state index contributed by atoms with van der Waals surface area (Å²) in [5.74, 6) is 0. The van der Waals surface area contributed by atoms with Gasteiger partial charge in [0, 0.05) is 11.6 Å². The monoisotopic (exact) mass is 458 g/mol. The second-order valence-electron chi connectivity index (χ2n) is 4.61. The lowest BCUT2D eigenvalue weighted by atomic mass is 10.2. The van der Waals surface area contributed by atoms with Crippen molar-refractivity contribution in [2.45, 2.75) is 11.4 Å². The van der Waals surface area contributed by atoms with E-state index in [1.807, 2.05) is 0 Å². The van der Waals surface area contributed by atoms with E-state index in [0.29, 0.717) is 20.4 Å². The molecule has 0 saturated carbocycles. The minimum absolute atomic E-state index is 0.0873. The number of nitrogens with zero attached hydrogens (tertiary/aromatic N) is 2. The Morgan fingerprint density at radius 2 is 2.04 bits per heavy atom. The highest BCUT2D eigenvalue weighted by atomic mass is 79.9. The molecule has 128 valence electrons. The van der Waals surface area contributed by atoms with E-state index in [-0.39, 0.29) is 15.3 Å². The highest BCUT2D eigenvalue weighted by Gasteiger charge is 2.24. The third kappa shape index (κ3) is 2.87. The van der Waals surface area contributed by atoms with E-state index in [4.69, 9.17) is 23.2 Å². The SMILES string of the molecule is O=S(=O)(Nc1cnn(C(F)F)c1Cl)c1c[nH]c2c(Br)c(Cl)ccc12. The van der Waals surface area contributed by atoms with Gasteiger partial charge in [0.25, 0.3) is 10.0 Å². The summed E-state index contributed by atoms with van der Waals surface area (Å²) in [6.07, 6.45) is 2.17. The maximum Gasteiger partial charge on any atom is 0.334 e. The third-order valence-electron chi connectivity index (χ3n) is 3.16. The van der Waals surface area contributed by atoms with Crippen molar-refractivity contribution >= 4 is 65.7 Å². The molecule has 0 radical (unpaired) electrons. The summed E-state index contributed by atoms with van der Waals surface area (Å²) in [6, 6.07) is 3.06. The molecular weight excluding hydrogens is 453 g/mol. The zero-order valence-corrected chi connectivity index (χ0v) is 15.3. The fourth-order valence-electron chi connectivity index (χ4n) is 2.09. The smallest absolute Gasteiger partial charge is 0.334 e. The molecule has 0 fully saturated rings. The lowest BCUT2D eigenvalue weighted by molar-refractivity contribution is 0.0570. The van der Waals surface area contributed by atoms with Gasteiger partial charge in [-0.3, -0.25) is 4.72 Å². The number of hydrogen-bond acceptors (Lipinski definition) is 3. The number of hydrogen-bond donors (Lipinski definition) is 2. The van der Waals surface area contributed by atoms with Crippen LogP contribution >= 0.6 is 39.1 Å². The van der Waals surface area contributed by atoms with Gasteiger partial charge in [0.1, 0.15) is 10.6 Å². The van der Waals surface area contributed by atoms with Crippen LogP contribution in [0.25, 0.3) is 10.9 Å². The molecular formula is C12H7BrCl2F2N4O2S. The summed E-state index contributed by atoms with van der Waals surface area (Å²) in [6.45, 7) is -2.98. The number of aromatic nitrogens is 3. The number of aromatic amines is 1. The lowest BCUT2D eigenvalue weighted by Crippen LogP contribution is -2.12. The van der Waals surface area contributed by atoms with Crippen LogP contribution in [-0.2, 0) is 10.0 Å². The molecule has 0 saturated heterocycles. The predicted octanol–water partition coefficient (Wildman–Crippen LogP) is 4.63. The van der Waals surface area contributed by atoms with E-state index in [1.165, 1.54) is 18.3 Å². The molecule has 0 aliphatic heterocycles. The van der Waals surface area contributed by atoms with Crippen LogP contribution in [0, 0.1) is 0 Å². The second-order valence-corrected chi connectivity index (χ2v) is 7.82. The Hall–Kier alpha value is -1.36. The van der Waals surface area contributed by atoms with E-state index in [2.05, 4.69) is 30.7 Å². The lowest BCUT2D eigenvalue weighted by Gasteiger charge is -2.06. The zero-order chi connectivity index (χ0) is 17.6. The minimum atomic E-state index is -4.09. The summed E-state index contributed by atoms with van der Waals surface area (Å²) in [5, 5.41) is 3.60. The van der Waals surface area contributed by atoms with Crippen molar-refractivity contribution in [2.24, 2.45) is 0 Å². The molecule has 6 nitrogen and oxygen atoms in total. The van der Waals surface area contributed by atoms with E-state index in [0.717, 1.165) is 6.20 Å². The fraction of sp³-hybridized carbons (Fsp3) is 0.0833. The Bertz CT molecular complexity index is 1040. The number of sulfonamides is 1. The van der Waals surface area contributed by atoms with Gasteiger partial charge in [0.15, 0.2) is 5.15 Å². The first-order chi connectivity index (χ1) is 11.2. The summed E-state index contributed by atoms with van der Waals surface area (Å²) in [4.78, 5) is 2.72. The molecule has 12 heteroatoms. The van der Waals surface area contributed by atoms with Crippen LogP contribution in [0.1, 0.15) is 6.55 Å². The molecule has 0 atom stereocenters. The molecule has 2 heterocycles. The topological polar surface area (TPSA) is 79.8 Å². The number of fused-ring (bicyclic) bond motifs is 1. The first-order valence-corrected chi connectivity index (χ1v) is 9.24. The Labute approximate surface area is 152 Å². The normalized spacial score (nSPS) is 12.2. The van der Waals surface area contributed by atoms with Crippen LogP contribution < -0.4 is 4.72 Å². The first kappa shape index (κ1) is 17.5. The van der Waals surface area contributed by atoms with E-state index in [9.17, 15) is 17.2 Å². The van der Waals surface area contributed by atoms with Gasteiger partial charge in [-0.25, -0.2) is 8.42 Å². The number of alkyl halides is 2. The van der Waals surface area contributed by atoms with E-state index >= 15 is 0 Å². The molecule has 0 bridgehead atoms. The van der Waals surface area contributed by atoms with Gasteiger partial charge in [-0.15, -0.1) is 0 Å². The summed E-state index contributed by atoms with van der Waals surface area (Å²) < 4.78 is 53.2. The quantitative estimate of drug-likeness (QED) is 0.596. The Morgan fingerprint density at radius 3 is 2.67 bits per heavy atom. The highest BCUT2D eigenvalue weighted by molar-refractivity contribution is 9.10. The second kappa shape index (κ2) is 6.17. The molecule has 0 aliphatic rings. The van der Waals surface area contributed by atoms with Crippen LogP contribution in [0.2, 0.25) is 10.2 Å². The number of anilines is 1. The van der Waals surface area contributed by atoms with Gasteiger partial charge in [0.05, 0.1) is 21.2 Å². The van der Waals surface area contributed by atoms with Crippen LogP contribution in [0.4, 0.5) is 14.5 Å². The number of rotatable bonds is 4. The van der Waals surface area contributed by atoms with E-state index < -0.39 is 21.7 Å². The predicted molar refractivity (Wildman–Crippen MR) is 90.3 cm³/mol. The van der Waals surface area contributed by atoms with Crippen LogP contribution in [-0.4, -0.2) is 23.2 Å². The third-order valence-corrected chi connectivity index (χ3v) is 6.31. The standard InChI is InChI=1S/C12H7BrCl2F2N4O2S/c13-9-6(14)2-1-5-8(4-18-10(5)9)24(22,23)20-7-3-19-21(11(7)15)12(16)17/h1-4,12,18,20H. The molecule has 24 heavy (non-hydrogen) atoms. The Kier molecular flexibility index (Phi) is 4.49. The molecule has 3 aromatic rings. The first-order valence-electron chi connectivity index (χ1n) is 6.21. The van der Waals surface area contributed by atoms with E-state index in [1.54, 1.807) is 0 Å². The van der Waals surface area contributed by atoms with Gasteiger partial charge in [0.2, 0.25) is 0 Å². The van der Waals surface area contributed by atoms with Gasteiger partial charge in [-0.2, -0.15) is 18.6 Å². The van der Waals surface area contributed by atoms with Crippen molar-refractivity contribution in [1.29, 1.82) is 0 Å². The maximum absolute atomic E-state index is 12.7. The van der Waals surface area contributed by atoms with Crippen LogP contribution in [0.3, 0.4) is 0 Å². The maximum atomic E-state index is 12.7. The molecule has 0 spiro atoms. The van der Waals surface area contributed by atoms with Crippen LogP contribution in [0.15, 0.2) is 33.9 Å². The largest absolute Gasteiger partial charge is 0.359 e. The average molecular weight is 460 g/mol. The van der Waals surface area contributed by atoms with Crippen LogP contribution in [0.5, 0.6) is 0 Å². The minimum Gasteiger partial charge on any atom is -0.359 e. The Balaban J connectivity index is 2.05. The van der Waals surface area contributed by atoms with Crippen molar-refractivity contribution in [2.75, 3.05) is 4.72 Å². The average Bonchev–Trinajstić information content (AvgIpc) is 3.08. The number of benzene rings is 1. The summed E-state index contributed by atoms with van der Waals surface area (Å²) in [7, 11) is -4.09. The molecule has 3 rings (SSSR count). The van der Waals surface area contributed by atoms with Crippen molar-refractivity contribution in [1.82, 2.24) is 14.8 Å². The molecule has 2 aromatic heterocycles. The van der Waals surface area contributed by atoms with Crippen molar-refractivity contribution in [3.05, 3.63) is 39.2 Å². The highest BCUT2D eigenvalue weighted by Crippen LogP contribution is 2.35. The number of halogens is 5. The van der Waals surface area contributed by atoms with Gasteiger partial charge < -0.3 is 4.98 Å².